The highest BCUT2D eigenvalue weighted by Crippen LogP contribution is 2.14. The molecule has 16 heavy (non-hydrogen) atoms. The number of rotatable bonds is 7. The van der Waals surface area contributed by atoms with E-state index in [1.807, 2.05) is 0 Å². The third kappa shape index (κ3) is 6.29. The van der Waals surface area contributed by atoms with Crippen molar-refractivity contribution in [3.8, 4) is 0 Å². The lowest BCUT2D eigenvalue weighted by atomic mass is 10.1. The van der Waals surface area contributed by atoms with E-state index in [0.29, 0.717) is 12.1 Å². The Morgan fingerprint density at radius 3 is 2.94 bits per heavy atom. The van der Waals surface area contributed by atoms with Gasteiger partial charge >= 0.3 is 0 Å². The smallest absolute Gasteiger partial charge is 0.0588 e. The Balaban J connectivity index is 1.97. The second-order valence-corrected chi connectivity index (χ2v) is 5.14. The summed E-state index contributed by atoms with van der Waals surface area (Å²) in [6.07, 6.45) is 8.95. The maximum absolute atomic E-state index is 5.60. The molecule has 1 N–H and O–H groups in total. The minimum absolute atomic E-state index is 0.525. The van der Waals surface area contributed by atoms with Gasteiger partial charge in [-0.1, -0.05) is 11.6 Å². The number of hydrogen-bond acceptors (Lipinski definition) is 2. The Kier molecular flexibility index (Phi) is 6.74. The molecule has 0 aliphatic carbocycles. The SMILES string of the molecule is CC(C)=CCCC(C)NCCC1CCCO1. The van der Waals surface area contributed by atoms with E-state index in [0.717, 1.165) is 13.2 Å². The van der Waals surface area contributed by atoms with Crippen LogP contribution in [0.15, 0.2) is 11.6 Å². The minimum Gasteiger partial charge on any atom is -0.378 e. The third-order valence-corrected chi connectivity index (χ3v) is 3.14. The van der Waals surface area contributed by atoms with Gasteiger partial charge in [0.25, 0.3) is 0 Å². The summed E-state index contributed by atoms with van der Waals surface area (Å²) in [5, 5.41) is 3.57. The van der Waals surface area contributed by atoms with Gasteiger partial charge in [0.1, 0.15) is 0 Å². The van der Waals surface area contributed by atoms with Crippen molar-refractivity contribution in [2.24, 2.45) is 0 Å². The fraction of sp³-hybridized carbons (Fsp3) is 0.857. The maximum Gasteiger partial charge on any atom is 0.0588 e. The first-order chi connectivity index (χ1) is 7.68. The molecule has 1 heterocycles. The van der Waals surface area contributed by atoms with Gasteiger partial charge in [-0.05, 0) is 59.4 Å². The Labute approximate surface area is 100 Å². The molecule has 0 saturated carbocycles. The topological polar surface area (TPSA) is 21.3 Å². The van der Waals surface area contributed by atoms with Gasteiger partial charge in [-0.3, -0.25) is 0 Å². The lowest BCUT2D eigenvalue weighted by Crippen LogP contribution is -2.28. The number of allylic oxidation sites excluding steroid dienone is 2. The summed E-state index contributed by atoms with van der Waals surface area (Å²) < 4.78 is 5.60. The second kappa shape index (κ2) is 7.86. The number of hydrogen-bond donors (Lipinski definition) is 1. The third-order valence-electron chi connectivity index (χ3n) is 3.14. The number of ether oxygens (including phenoxy) is 1. The Bertz CT molecular complexity index is 203. The molecule has 1 fully saturated rings. The van der Waals surface area contributed by atoms with Crippen LogP contribution in [0.4, 0.5) is 0 Å². The van der Waals surface area contributed by atoms with Crippen molar-refractivity contribution in [1.82, 2.24) is 5.32 Å². The largest absolute Gasteiger partial charge is 0.378 e. The molecule has 1 aliphatic heterocycles. The molecule has 2 nitrogen and oxygen atoms in total. The van der Waals surface area contributed by atoms with E-state index in [9.17, 15) is 0 Å². The predicted molar refractivity (Wildman–Crippen MR) is 69.7 cm³/mol. The van der Waals surface area contributed by atoms with Crippen molar-refractivity contribution in [2.75, 3.05) is 13.2 Å². The summed E-state index contributed by atoms with van der Waals surface area (Å²) >= 11 is 0. The summed E-state index contributed by atoms with van der Waals surface area (Å²) in [6, 6.07) is 0.622. The highest BCUT2D eigenvalue weighted by atomic mass is 16.5. The van der Waals surface area contributed by atoms with E-state index in [-0.39, 0.29) is 0 Å². The van der Waals surface area contributed by atoms with Gasteiger partial charge in [0.2, 0.25) is 0 Å². The van der Waals surface area contributed by atoms with Crippen molar-refractivity contribution < 1.29 is 4.74 Å². The van der Waals surface area contributed by atoms with Crippen LogP contribution in [0.5, 0.6) is 0 Å². The van der Waals surface area contributed by atoms with Crippen LogP contribution in [-0.4, -0.2) is 25.3 Å². The standard InChI is InChI=1S/C14H27NO/c1-12(2)6-4-7-13(3)15-10-9-14-8-5-11-16-14/h6,13-15H,4-5,7-11H2,1-3H3. The van der Waals surface area contributed by atoms with Gasteiger partial charge in [-0.2, -0.15) is 0 Å². The van der Waals surface area contributed by atoms with Crippen LogP contribution in [0.2, 0.25) is 0 Å². The Morgan fingerprint density at radius 1 is 1.50 bits per heavy atom. The molecule has 1 saturated heterocycles. The van der Waals surface area contributed by atoms with Gasteiger partial charge in [0, 0.05) is 12.6 Å². The second-order valence-electron chi connectivity index (χ2n) is 5.14. The molecule has 1 aliphatic rings. The van der Waals surface area contributed by atoms with Crippen molar-refractivity contribution in [1.29, 1.82) is 0 Å². The molecule has 2 unspecified atom stereocenters. The first-order valence-corrected chi connectivity index (χ1v) is 6.67. The molecule has 2 heteroatoms. The molecule has 0 aromatic carbocycles. The van der Waals surface area contributed by atoms with Crippen LogP contribution in [0.25, 0.3) is 0 Å². The van der Waals surface area contributed by atoms with Crippen molar-refractivity contribution in [2.45, 2.75) is 65.0 Å². The molecule has 2 atom stereocenters. The zero-order chi connectivity index (χ0) is 11.8. The summed E-state index contributed by atoms with van der Waals surface area (Å²) in [4.78, 5) is 0. The zero-order valence-corrected chi connectivity index (χ0v) is 11.1. The molecule has 0 amide bonds. The van der Waals surface area contributed by atoms with E-state index >= 15 is 0 Å². The fourth-order valence-corrected chi connectivity index (χ4v) is 2.09. The predicted octanol–water partition coefficient (Wildman–Crippen LogP) is 3.28. The van der Waals surface area contributed by atoms with Gasteiger partial charge in [-0.15, -0.1) is 0 Å². The summed E-state index contributed by atoms with van der Waals surface area (Å²) in [6.45, 7) is 8.67. The van der Waals surface area contributed by atoms with Crippen LogP contribution >= 0.6 is 0 Å². The highest BCUT2D eigenvalue weighted by Gasteiger charge is 2.14. The van der Waals surface area contributed by atoms with Gasteiger partial charge in [0.15, 0.2) is 0 Å². The molecule has 0 spiro atoms. The molecule has 1 rings (SSSR count). The summed E-state index contributed by atoms with van der Waals surface area (Å²) in [5.41, 5.74) is 1.42. The van der Waals surface area contributed by atoms with Crippen LogP contribution in [0, 0.1) is 0 Å². The monoisotopic (exact) mass is 225 g/mol. The molecular formula is C14H27NO. The normalized spacial score (nSPS) is 22.1. The first-order valence-electron chi connectivity index (χ1n) is 6.67. The lowest BCUT2D eigenvalue weighted by molar-refractivity contribution is 0.103. The van der Waals surface area contributed by atoms with Gasteiger partial charge in [-0.25, -0.2) is 0 Å². The first kappa shape index (κ1) is 13.7. The van der Waals surface area contributed by atoms with Crippen LogP contribution < -0.4 is 5.32 Å². The van der Waals surface area contributed by atoms with Crippen LogP contribution in [-0.2, 0) is 4.74 Å². The summed E-state index contributed by atoms with van der Waals surface area (Å²) in [5.74, 6) is 0. The molecular weight excluding hydrogens is 198 g/mol. The molecule has 94 valence electrons. The fourth-order valence-electron chi connectivity index (χ4n) is 2.09. The van der Waals surface area contributed by atoms with E-state index in [4.69, 9.17) is 4.74 Å². The highest BCUT2D eigenvalue weighted by molar-refractivity contribution is 4.93. The Morgan fingerprint density at radius 2 is 2.31 bits per heavy atom. The average molecular weight is 225 g/mol. The quantitative estimate of drug-likeness (QED) is 0.671. The minimum atomic E-state index is 0.525. The average Bonchev–Trinajstić information content (AvgIpc) is 2.70. The van der Waals surface area contributed by atoms with Crippen molar-refractivity contribution in [3.05, 3.63) is 11.6 Å². The van der Waals surface area contributed by atoms with E-state index < -0.39 is 0 Å². The Hall–Kier alpha value is -0.340. The van der Waals surface area contributed by atoms with E-state index in [1.165, 1.54) is 37.7 Å². The van der Waals surface area contributed by atoms with Crippen molar-refractivity contribution in [3.63, 3.8) is 0 Å². The molecule has 0 aromatic heterocycles. The molecule has 0 radical (unpaired) electrons. The maximum atomic E-state index is 5.60. The van der Waals surface area contributed by atoms with Crippen molar-refractivity contribution >= 4 is 0 Å². The molecule has 0 bridgehead atoms. The molecule has 0 aromatic rings. The van der Waals surface area contributed by atoms with Crippen LogP contribution in [0.1, 0.15) is 52.9 Å². The van der Waals surface area contributed by atoms with Gasteiger partial charge < -0.3 is 10.1 Å². The van der Waals surface area contributed by atoms with Crippen LogP contribution in [0.3, 0.4) is 0 Å². The van der Waals surface area contributed by atoms with E-state index in [1.54, 1.807) is 0 Å². The number of nitrogens with one attached hydrogen (secondary N) is 1. The van der Waals surface area contributed by atoms with E-state index in [2.05, 4.69) is 32.2 Å². The zero-order valence-electron chi connectivity index (χ0n) is 11.1. The van der Waals surface area contributed by atoms with Gasteiger partial charge in [0.05, 0.1) is 6.10 Å². The lowest BCUT2D eigenvalue weighted by Gasteiger charge is -2.15. The summed E-state index contributed by atoms with van der Waals surface area (Å²) in [7, 11) is 0.